The molecule has 0 aliphatic carbocycles. The van der Waals surface area contributed by atoms with Gasteiger partial charge in [-0.05, 0) is 30.3 Å². The Balaban J connectivity index is 1.86. The summed E-state index contributed by atoms with van der Waals surface area (Å²) in [5, 5.41) is 0.314. The fraction of sp³-hybridized carbons (Fsp3) is 0.150. The van der Waals surface area contributed by atoms with Gasteiger partial charge in [-0.15, -0.1) is 0 Å². The van der Waals surface area contributed by atoms with E-state index in [-0.39, 0.29) is 11.4 Å². The molecule has 4 aromatic rings. The molecule has 0 atom stereocenters. The lowest BCUT2D eigenvalue weighted by atomic mass is 10.2. The number of thiazole rings is 1. The zero-order valence-corrected chi connectivity index (χ0v) is 15.7. The monoisotopic (exact) mass is 398 g/mol. The molecular weight excluding hydrogens is 383 g/mol. The van der Waals surface area contributed by atoms with Crippen LogP contribution in [0.3, 0.4) is 0 Å². The maximum Gasteiger partial charge on any atom is 0.286 e. The molecular formula is C20H15FN2O4S. The third-order valence-corrected chi connectivity index (χ3v) is 5.31. The van der Waals surface area contributed by atoms with Crippen LogP contribution in [0.5, 0.6) is 0 Å². The van der Waals surface area contributed by atoms with Crippen LogP contribution in [-0.4, -0.2) is 24.2 Å². The number of hydrogen-bond donors (Lipinski definition) is 0. The minimum atomic E-state index is -0.710. The number of benzene rings is 2. The van der Waals surface area contributed by atoms with E-state index in [9.17, 15) is 14.0 Å². The second kappa shape index (κ2) is 7.49. The molecule has 8 heteroatoms. The summed E-state index contributed by atoms with van der Waals surface area (Å²) >= 11 is 1.17. The van der Waals surface area contributed by atoms with Crippen molar-refractivity contribution >= 4 is 38.4 Å². The number of rotatable bonds is 4. The van der Waals surface area contributed by atoms with E-state index in [0.29, 0.717) is 33.6 Å². The molecule has 0 saturated carbocycles. The molecule has 0 saturated heterocycles. The largest absolute Gasteiger partial charge is 0.463 e. The molecule has 0 aliphatic heterocycles. The first kappa shape index (κ1) is 18.3. The molecule has 6 nitrogen and oxygen atoms in total. The third kappa shape index (κ3) is 3.28. The average molecular weight is 398 g/mol. The number of fused-ring (bicyclic) bond motifs is 2. The van der Waals surface area contributed by atoms with E-state index >= 15 is 0 Å². The van der Waals surface area contributed by atoms with Gasteiger partial charge in [0, 0.05) is 13.7 Å². The molecule has 1 amide bonds. The van der Waals surface area contributed by atoms with Crippen molar-refractivity contribution in [2.24, 2.45) is 4.99 Å². The number of ether oxygens (including phenoxy) is 1. The Bertz CT molecular complexity index is 1320. The fourth-order valence-electron chi connectivity index (χ4n) is 2.90. The van der Waals surface area contributed by atoms with Crippen LogP contribution in [-0.2, 0) is 11.3 Å². The lowest BCUT2D eigenvalue weighted by Crippen LogP contribution is -2.21. The Labute approximate surface area is 162 Å². The van der Waals surface area contributed by atoms with Gasteiger partial charge >= 0.3 is 0 Å². The molecule has 142 valence electrons. The Hall–Kier alpha value is -3.10. The van der Waals surface area contributed by atoms with Crippen molar-refractivity contribution in [3.05, 3.63) is 75.1 Å². The molecule has 0 unspecified atom stereocenters. The highest BCUT2D eigenvalue weighted by molar-refractivity contribution is 7.16. The second-order valence-electron chi connectivity index (χ2n) is 6.03. The Morgan fingerprint density at radius 1 is 1.29 bits per heavy atom. The topological polar surface area (TPSA) is 73.8 Å². The summed E-state index contributed by atoms with van der Waals surface area (Å²) < 4.78 is 26.5. The van der Waals surface area contributed by atoms with E-state index in [1.807, 2.05) is 0 Å². The van der Waals surface area contributed by atoms with Crippen LogP contribution in [0.25, 0.3) is 21.2 Å². The second-order valence-corrected chi connectivity index (χ2v) is 7.04. The van der Waals surface area contributed by atoms with Gasteiger partial charge < -0.3 is 13.7 Å². The average Bonchev–Trinajstić information content (AvgIpc) is 3.02. The fourth-order valence-corrected chi connectivity index (χ4v) is 3.98. The number of hydrogen-bond acceptors (Lipinski definition) is 5. The van der Waals surface area contributed by atoms with Crippen LogP contribution < -0.4 is 10.2 Å². The van der Waals surface area contributed by atoms with Gasteiger partial charge in [0.1, 0.15) is 23.2 Å². The van der Waals surface area contributed by atoms with Gasteiger partial charge in [0.15, 0.2) is 4.80 Å². The first-order chi connectivity index (χ1) is 13.6. The zero-order chi connectivity index (χ0) is 19.7. The van der Waals surface area contributed by atoms with Crippen LogP contribution in [0.15, 0.2) is 62.9 Å². The quantitative estimate of drug-likeness (QED) is 0.529. The predicted octanol–water partition coefficient (Wildman–Crippen LogP) is 3.34. The summed E-state index contributed by atoms with van der Waals surface area (Å²) in [6, 6.07) is 11.1. The number of para-hydroxylation sites is 1. The smallest absolute Gasteiger partial charge is 0.286 e. The van der Waals surface area contributed by atoms with Crippen molar-refractivity contribution in [3.8, 4) is 0 Å². The van der Waals surface area contributed by atoms with Crippen molar-refractivity contribution in [2.75, 3.05) is 13.7 Å². The van der Waals surface area contributed by atoms with Crippen molar-refractivity contribution in [3.63, 3.8) is 0 Å². The number of carbonyl (C=O) groups is 1. The van der Waals surface area contributed by atoms with E-state index in [4.69, 9.17) is 9.15 Å². The molecule has 2 heterocycles. The zero-order valence-electron chi connectivity index (χ0n) is 14.8. The molecule has 0 N–H and O–H groups in total. The highest BCUT2D eigenvalue weighted by Crippen LogP contribution is 2.19. The number of carbonyl (C=O) groups excluding carboxylic acids is 1. The van der Waals surface area contributed by atoms with Crippen LogP contribution >= 0.6 is 11.3 Å². The van der Waals surface area contributed by atoms with Crippen molar-refractivity contribution in [1.29, 1.82) is 0 Å². The van der Waals surface area contributed by atoms with Gasteiger partial charge in [-0.2, -0.15) is 4.99 Å². The van der Waals surface area contributed by atoms with Crippen LogP contribution in [0.4, 0.5) is 4.39 Å². The molecule has 28 heavy (non-hydrogen) atoms. The number of methoxy groups -OCH3 is 1. The lowest BCUT2D eigenvalue weighted by Gasteiger charge is -2.04. The van der Waals surface area contributed by atoms with Crippen molar-refractivity contribution in [2.45, 2.75) is 6.54 Å². The summed E-state index contributed by atoms with van der Waals surface area (Å²) in [6.45, 7) is 0.823. The van der Waals surface area contributed by atoms with Crippen LogP contribution in [0.2, 0.25) is 0 Å². The van der Waals surface area contributed by atoms with Crippen LogP contribution in [0.1, 0.15) is 10.4 Å². The van der Waals surface area contributed by atoms with Gasteiger partial charge in [-0.3, -0.25) is 9.59 Å². The van der Waals surface area contributed by atoms with E-state index in [1.54, 1.807) is 42.0 Å². The first-order valence-corrected chi connectivity index (χ1v) is 9.27. The van der Waals surface area contributed by atoms with Crippen molar-refractivity contribution < 1.29 is 18.3 Å². The normalized spacial score (nSPS) is 12.1. The molecule has 0 fully saturated rings. The lowest BCUT2D eigenvalue weighted by molar-refractivity contribution is 0.0994. The summed E-state index contributed by atoms with van der Waals surface area (Å²) in [5.74, 6) is -1.08. The predicted molar refractivity (Wildman–Crippen MR) is 104 cm³/mol. The Morgan fingerprint density at radius 2 is 2.11 bits per heavy atom. The molecule has 0 bridgehead atoms. The standard InChI is InChI=1S/C20H15FN2O4S/c1-26-9-8-23-15-7-6-12(21)10-17(15)28-20(23)22-19(25)14-11-27-16-5-3-2-4-13(16)18(14)24/h2-7,10-11H,8-9H2,1H3. The SMILES string of the molecule is COCCn1c(=NC(=O)c2coc3ccccc3c2=O)sc2cc(F)ccc21. The van der Waals surface area contributed by atoms with Crippen LogP contribution in [0, 0.1) is 5.82 Å². The van der Waals surface area contributed by atoms with E-state index in [2.05, 4.69) is 4.99 Å². The summed E-state index contributed by atoms with van der Waals surface area (Å²) in [5.41, 5.74) is 0.545. The van der Waals surface area contributed by atoms with Gasteiger partial charge in [-0.25, -0.2) is 4.39 Å². The highest BCUT2D eigenvalue weighted by Gasteiger charge is 2.15. The maximum atomic E-state index is 13.6. The van der Waals surface area contributed by atoms with E-state index in [0.717, 1.165) is 11.8 Å². The highest BCUT2D eigenvalue weighted by atomic mass is 32.1. The minimum absolute atomic E-state index is 0.152. The summed E-state index contributed by atoms with van der Waals surface area (Å²) in [6.07, 6.45) is 1.13. The Morgan fingerprint density at radius 3 is 2.93 bits per heavy atom. The third-order valence-electron chi connectivity index (χ3n) is 4.27. The van der Waals surface area contributed by atoms with Gasteiger partial charge in [0.05, 0.1) is 22.2 Å². The first-order valence-electron chi connectivity index (χ1n) is 8.46. The maximum absolute atomic E-state index is 13.6. The van der Waals surface area contributed by atoms with Gasteiger partial charge in [-0.1, -0.05) is 23.5 Å². The molecule has 0 aliphatic rings. The molecule has 4 rings (SSSR count). The number of halogens is 1. The molecule has 2 aromatic heterocycles. The molecule has 2 aromatic carbocycles. The summed E-state index contributed by atoms with van der Waals surface area (Å²) in [7, 11) is 1.57. The molecule has 0 radical (unpaired) electrons. The van der Waals surface area contributed by atoms with Gasteiger partial charge in [0.2, 0.25) is 5.43 Å². The van der Waals surface area contributed by atoms with E-state index in [1.165, 1.54) is 23.5 Å². The summed E-state index contributed by atoms with van der Waals surface area (Å²) in [4.78, 5) is 29.8. The molecule has 0 spiro atoms. The van der Waals surface area contributed by atoms with Crippen molar-refractivity contribution in [1.82, 2.24) is 4.57 Å². The van der Waals surface area contributed by atoms with Gasteiger partial charge in [0.25, 0.3) is 5.91 Å². The number of aromatic nitrogens is 1. The minimum Gasteiger partial charge on any atom is -0.463 e. The Kier molecular flexibility index (Phi) is 4.89. The number of amides is 1. The number of nitrogens with zero attached hydrogens (tertiary/aromatic N) is 2. The van der Waals surface area contributed by atoms with E-state index < -0.39 is 11.3 Å².